The molecule has 0 radical (unpaired) electrons. The van der Waals surface area contributed by atoms with Gasteiger partial charge >= 0.3 is 0 Å². The van der Waals surface area contributed by atoms with Gasteiger partial charge in [-0.3, -0.25) is 4.79 Å². The van der Waals surface area contributed by atoms with E-state index in [0.717, 1.165) is 16.8 Å². The fourth-order valence-corrected chi connectivity index (χ4v) is 1.83. The van der Waals surface area contributed by atoms with Crippen molar-refractivity contribution in [1.29, 1.82) is 0 Å². The quantitative estimate of drug-likeness (QED) is 0.780. The van der Waals surface area contributed by atoms with Crippen LogP contribution in [0.4, 0.5) is 5.69 Å². The maximum atomic E-state index is 11.8. The average Bonchev–Trinajstić information content (AvgIpc) is 2.26. The number of nitrogens with zero attached hydrogens (tertiary/aromatic N) is 1. The summed E-state index contributed by atoms with van der Waals surface area (Å²) >= 11 is 0. The van der Waals surface area contributed by atoms with Gasteiger partial charge in [0.1, 0.15) is 0 Å². The molecule has 0 heterocycles. The van der Waals surface area contributed by atoms with Crippen LogP contribution < -0.4 is 16.4 Å². The molecule has 0 fully saturated rings. The number of hydrogen-bond donors (Lipinski definition) is 2. The Labute approximate surface area is 96.2 Å². The maximum absolute atomic E-state index is 11.8. The standard InChI is InChI=1S/C12H19N3O/c1-9-4-3-5-10(2)12(9)15(7-6-13)11(16)8-14/h3-5H,6-8,13-14H2,1-2H3. The van der Waals surface area contributed by atoms with Gasteiger partial charge in [0, 0.05) is 18.8 Å². The summed E-state index contributed by atoms with van der Waals surface area (Å²) in [6.07, 6.45) is 0. The van der Waals surface area contributed by atoms with Gasteiger partial charge in [0.2, 0.25) is 5.91 Å². The number of carbonyl (C=O) groups excluding carboxylic acids is 1. The molecule has 0 aromatic heterocycles. The zero-order valence-corrected chi connectivity index (χ0v) is 9.86. The molecule has 1 aromatic rings. The largest absolute Gasteiger partial charge is 0.329 e. The van der Waals surface area contributed by atoms with E-state index >= 15 is 0 Å². The Morgan fingerprint density at radius 1 is 1.25 bits per heavy atom. The van der Waals surface area contributed by atoms with Crippen molar-refractivity contribution in [1.82, 2.24) is 0 Å². The lowest BCUT2D eigenvalue weighted by Gasteiger charge is -2.25. The fourth-order valence-electron chi connectivity index (χ4n) is 1.83. The second-order valence-electron chi connectivity index (χ2n) is 3.78. The summed E-state index contributed by atoms with van der Waals surface area (Å²) in [5.74, 6) is -0.0946. The van der Waals surface area contributed by atoms with Crippen molar-refractivity contribution in [3.63, 3.8) is 0 Å². The van der Waals surface area contributed by atoms with Crippen LogP contribution >= 0.6 is 0 Å². The molecule has 4 heteroatoms. The van der Waals surface area contributed by atoms with Crippen molar-refractivity contribution in [3.05, 3.63) is 29.3 Å². The van der Waals surface area contributed by atoms with Crippen LogP contribution in [0.1, 0.15) is 11.1 Å². The molecule has 0 aliphatic carbocycles. The second kappa shape index (κ2) is 5.63. The third-order valence-electron chi connectivity index (χ3n) is 2.54. The van der Waals surface area contributed by atoms with Crippen molar-refractivity contribution in [2.75, 3.05) is 24.5 Å². The second-order valence-corrected chi connectivity index (χ2v) is 3.78. The molecule has 1 aromatic carbocycles. The van der Waals surface area contributed by atoms with E-state index in [1.54, 1.807) is 4.90 Å². The van der Waals surface area contributed by atoms with Gasteiger partial charge in [0.05, 0.1) is 6.54 Å². The summed E-state index contributed by atoms with van der Waals surface area (Å²) in [4.78, 5) is 13.4. The van der Waals surface area contributed by atoms with Gasteiger partial charge < -0.3 is 16.4 Å². The van der Waals surface area contributed by atoms with Gasteiger partial charge in [0.25, 0.3) is 0 Å². The van der Waals surface area contributed by atoms with Gasteiger partial charge in [0.15, 0.2) is 0 Å². The highest BCUT2D eigenvalue weighted by molar-refractivity contribution is 5.96. The molecule has 0 aliphatic rings. The molecular weight excluding hydrogens is 202 g/mol. The Balaban J connectivity index is 3.15. The van der Waals surface area contributed by atoms with Crippen molar-refractivity contribution in [2.24, 2.45) is 11.5 Å². The van der Waals surface area contributed by atoms with E-state index in [2.05, 4.69) is 0 Å². The molecular formula is C12H19N3O. The fraction of sp³-hybridized carbons (Fsp3) is 0.417. The van der Waals surface area contributed by atoms with Crippen LogP contribution in [-0.2, 0) is 4.79 Å². The van der Waals surface area contributed by atoms with Crippen molar-refractivity contribution < 1.29 is 4.79 Å². The van der Waals surface area contributed by atoms with E-state index in [9.17, 15) is 4.79 Å². The van der Waals surface area contributed by atoms with Crippen LogP contribution in [0.5, 0.6) is 0 Å². The zero-order valence-electron chi connectivity index (χ0n) is 9.86. The predicted octanol–water partition coefficient (Wildman–Crippen LogP) is 0.554. The smallest absolute Gasteiger partial charge is 0.240 e. The number of benzene rings is 1. The van der Waals surface area contributed by atoms with E-state index in [-0.39, 0.29) is 12.5 Å². The Morgan fingerprint density at radius 3 is 2.25 bits per heavy atom. The lowest BCUT2D eigenvalue weighted by atomic mass is 10.1. The molecule has 88 valence electrons. The summed E-state index contributed by atoms with van der Waals surface area (Å²) in [5.41, 5.74) is 14.0. The van der Waals surface area contributed by atoms with Gasteiger partial charge in [-0.05, 0) is 25.0 Å². The maximum Gasteiger partial charge on any atom is 0.240 e. The highest BCUT2D eigenvalue weighted by Gasteiger charge is 2.16. The lowest BCUT2D eigenvalue weighted by Crippen LogP contribution is -2.40. The number of aryl methyl sites for hydroxylation is 2. The molecule has 0 saturated carbocycles. The topological polar surface area (TPSA) is 72.3 Å². The minimum atomic E-state index is -0.0946. The van der Waals surface area contributed by atoms with E-state index in [4.69, 9.17) is 11.5 Å². The van der Waals surface area contributed by atoms with E-state index < -0.39 is 0 Å². The summed E-state index contributed by atoms with van der Waals surface area (Å²) in [6.45, 7) is 4.90. The summed E-state index contributed by atoms with van der Waals surface area (Å²) in [5, 5.41) is 0. The number of rotatable bonds is 4. The van der Waals surface area contributed by atoms with Crippen LogP contribution in [0.15, 0.2) is 18.2 Å². The van der Waals surface area contributed by atoms with Crippen LogP contribution in [0.25, 0.3) is 0 Å². The monoisotopic (exact) mass is 221 g/mol. The normalized spacial score (nSPS) is 10.2. The van der Waals surface area contributed by atoms with E-state index in [1.807, 2.05) is 32.0 Å². The number of nitrogens with two attached hydrogens (primary N) is 2. The van der Waals surface area contributed by atoms with Gasteiger partial charge in [-0.1, -0.05) is 18.2 Å². The molecule has 0 unspecified atom stereocenters. The first-order chi connectivity index (χ1) is 7.61. The molecule has 4 nitrogen and oxygen atoms in total. The SMILES string of the molecule is Cc1cccc(C)c1N(CCN)C(=O)CN. The minimum Gasteiger partial charge on any atom is -0.329 e. The summed E-state index contributed by atoms with van der Waals surface area (Å²) < 4.78 is 0. The third kappa shape index (κ3) is 2.59. The molecule has 0 spiro atoms. The molecule has 0 bridgehead atoms. The first kappa shape index (κ1) is 12.7. The molecule has 0 aliphatic heterocycles. The highest BCUT2D eigenvalue weighted by Crippen LogP contribution is 2.24. The van der Waals surface area contributed by atoms with Gasteiger partial charge in [-0.25, -0.2) is 0 Å². The molecule has 1 rings (SSSR count). The lowest BCUT2D eigenvalue weighted by molar-refractivity contribution is -0.117. The van der Waals surface area contributed by atoms with Crippen LogP contribution in [0, 0.1) is 13.8 Å². The zero-order chi connectivity index (χ0) is 12.1. The summed E-state index contributed by atoms with van der Waals surface area (Å²) in [6, 6.07) is 5.94. The van der Waals surface area contributed by atoms with Crippen molar-refractivity contribution in [3.8, 4) is 0 Å². The Kier molecular flexibility index (Phi) is 4.46. The molecule has 0 saturated heterocycles. The van der Waals surface area contributed by atoms with Crippen molar-refractivity contribution in [2.45, 2.75) is 13.8 Å². The van der Waals surface area contributed by atoms with Gasteiger partial charge in [-0.15, -0.1) is 0 Å². The number of amides is 1. The highest BCUT2D eigenvalue weighted by atomic mass is 16.2. The molecule has 1 amide bonds. The number of para-hydroxylation sites is 1. The molecule has 0 atom stereocenters. The first-order valence-corrected chi connectivity index (χ1v) is 5.38. The third-order valence-corrected chi connectivity index (χ3v) is 2.54. The molecule has 4 N–H and O–H groups in total. The Bertz CT molecular complexity index is 356. The van der Waals surface area contributed by atoms with E-state index in [0.29, 0.717) is 13.1 Å². The Morgan fingerprint density at radius 2 is 1.81 bits per heavy atom. The first-order valence-electron chi connectivity index (χ1n) is 5.38. The predicted molar refractivity (Wildman–Crippen MR) is 66.4 cm³/mol. The average molecular weight is 221 g/mol. The molecule has 16 heavy (non-hydrogen) atoms. The Hall–Kier alpha value is -1.39. The van der Waals surface area contributed by atoms with Gasteiger partial charge in [-0.2, -0.15) is 0 Å². The number of anilines is 1. The van der Waals surface area contributed by atoms with E-state index in [1.165, 1.54) is 0 Å². The van der Waals surface area contributed by atoms with Crippen molar-refractivity contribution >= 4 is 11.6 Å². The number of hydrogen-bond acceptors (Lipinski definition) is 3. The van der Waals surface area contributed by atoms with Crippen LogP contribution in [0.2, 0.25) is 0 Å². The van der Waals surface area contributed by atoms with Crippen LogP contribution in [0.3, 0.4) is 0 Å². The summed E-state index contributed by atoms with van der Waals surface area (Å²) in [7, 11) is 0. The van der Waals surface area contributed by atoms with Crippen LogP contribution in [-0.4, -0.2) is 25.5 Å². The minimum absolute atomic E-state index is 0.00771. The number of carbonyl (C=O) groups is 1.